The van der Waals surface area contributed by atoms with Crippen LogP contribution in [0.5, 0.6) is 5.75 Å². The lowest BCUT2D eigenvalue weighted by Crippen LogP contribution is -2.24. The van der Waals surface area contributed by atoms with Gasteiger partial charge in [0.1, 0.15) is 5.75 Å². The molecule has 1 atom stereocenters. The highest BCUT2D eigenvalue weighted by atomic mass is 16.6. The summed E-state index contributed by atoms with van der Waals surface area (Å²) in [5, 5.41) is 0. The lowest BCUT2D eigenvalue weighted by Gasteiger charge is -2.13. The fourth-order valence-corrected chi connectivity index (χ4v) is 1.21. The number of benzene rings is 1. The Bertz CT molecular complexity index is 358. The van der Waals surface area contributed by atoms with E-state index in [1.54, 1.807) is 6.92 Å². The van der Waals surface area contributed by atoms with Crippen LogP contribution in [0.3, 0.4) is 0 Å². The molecule has 1 aromatic carbocycles. The Labute approximate surface area is 90.0 Å². The predicted molar refractivity (Wildman–Crippen MR) is 58.0 cm³/mol. The molecule has 0 N–H and O–H groups in total. The molecule has 1 unspecified atom stereocenters. The van der Waals surface area contributed by atoms with Crippen LogP contribution >= 0.6 is 0 Å². The lowest BCUT2D eigenvalue weighted by atomic mass is 10.1. The van der Waals surface area contributed by atoms with Crippen LogP contribution in [0.2, 0.25) is 0 Å². The maximum Gasteiger partial charge on any atom is 0.346 e. The summed E-state index contributed by atoms with van der Waals surface area (Å²) in [6, 6.07) is 5.73. The van der Waals surface area contributed by atoms with Gasteiger partial charge in [0.05, 0.1) is 7.11 Å². The predicted octanol–water partition coefficient (Wildman–Crippen LogP) is 2.24. The lowest BCUT2D eigenvalue weighted by molar-refractivity contribution is -0.147. The monoisotopic (exact) mass is 208 g/mol. The number of methoxy groups -OCH3 is 1. The smallest absolute Gasteiger partial charge is 0.346 e. The number of hydrogen-bond acceptors (Lipinski definition) is 3. The van der Waals surface area contributed by atoms with Gasteiger partial charge in [0, 0.05) is 0 Å². The normalized spacial score (nSPS) is 12.0. The standard InChI is InChI=1S/C12H16O3/c1-8-5-6-11(7-9(8)2)15-10(3)12(13)14-4/h5-7,10H,1-4H3. The van der Waals surface area contributed by atoms with Gasteiger partial charge in [-0.1, -0.05) is 6.07 Å². The van der Waals surface area contributed by atoms with Crippen molar-refractivity contribution in [1.29, 1.82) is 0 Å². The van der Waals surface area contributed by atoms with Crippen molar-refractivity contribution in [2.45, 2.75) is 26.9 Å². The minimum Gasteiger partial charge on any atom is -0.479 e. The topological polar surface area (TPSA) is 35.5 Å². The van der Waals surface area contributed by atoms with Gasteiger partial charge in [-0.2, -0.15) is 0 Å². The van der Waals surface area contributed by atoms with Crippen LogP contribution in [-0.4, -0.2) is 19.2 Å². The molecule has 15 heavy (non-hydrogen) atoms. The van der Waals surface area contributed by atoms with Crippen molar-refractivity contribution in [3.8, 4) is 5.75 Å². The Morgan fingerprint density at radius 2 is 1.93 bits per heavy atom. The molecular weight excluding hydrogens is 192 g/mol. The number of carbonyl (C=O) groups excluding carboxylic acids is 1. The first-order chi connectivity index (χ1) is 7.04. The van der Waals surface area contributed by atoms with E-state index in [1.807, 2.05) is 32.0 Å². The van der Waals surface area contributed by atoms with Crippen LogP contribution in [-0.2, 0) is 9.53 Å². The van der Waals surface area contributed by atoms with Crippen LogP contribution < -0.4 is 4.74 Å². The molecule has 0 amide bonds. The maximum atomic E-state index is 11.1. The largest absolute Gasteiger partial charge is 0.479 e. The van der Waals surface area contributed by atoms with E-state index in [0.717, 1.165) is 5.56 Å². The number of ether oxygens (including phenoxy) is 2. The second kappa shape index (κ2) is 4.82. The Morgan fingerprint density at radius 1 is 1.27 bits per heavy atom. The molecule has 3 nitrogen and oxygen atoms in total. The molecule has 0 radical (unpaired) electrons. The molecule has 0 aliphatic heterocycles. The van der Waals surface area contributed by atoms with Crippen molar-refractivity contribution in [1.82, 2.24) is 0 Å². The van der Waals surface area contributed by atoms with Crippen molar-refractivity contribution < 1.29 is 14.3 Å². The summed E-state index contributed by atoms with van der Waals surface area (Å²) in [6.45, 7) is 5.70. The molecule has 0 aliphatic carbocycles. The van der Waals surface area contributed by atoms with Gasteiger partial charge in [-0.05, 0) is 44.0 Å². The summed E-state index contributed by atoms with van der Waals surface area (Å²) >= 11 is 0. The van der Waals surface area contributed by atoms with E-state index in [2.05, 4.69) is 4.74 Å². The van der Waals surface area contributed by atoms with Crippen LogP contribution in [0.15, 0.2) is 18.2 Å². The summed E-state index contributed by atoms with van der Waals surface area (Å²) < 4.78 is 10.0. The molecule has 1 rings (SSSR count). The van der Waals surface area contributed by atoms with Crippen LogP contribution in [0, 0.1) is 13.8 Å². The van der Waals surface area contributed by atoms with E-state index < -0.39 is 6.10 Å². The van der Waals surface area contributed by atoms with E-state index in [1.165, 1.54) is 12.7 Å². The number of carbonyl (C=O) groups is 1. The average molecular weight is 208 g/mol. The molecule has 0 aromatic heterocycles. The third-order valence-electron chi connectivity index (χ3n) is 2.32. The molecule has 0 saturated carbocycles. The Hall–Kier alpha value is -1.51. The zero-order valence-corrected chi connectivity index (χ0v) is 9.53. The van der Waals surface area contributed by atoms with E-state index in [9.17, 15) is 4.79 Å². The van der Waals surface area contributed by atoms with Gasteiger partial charge >= 0.3 is 5.97 Å². The van der Waals surface area contributed by atoms with Gasteiger partial charge in [0.15, 0.2) is 6.10 Å². The first kappa shape index (κ1) is 11.6. The summed E-state index contributed by atoms with van der Waals surface area (Å²) in [5.74, 6) is 0.323. The fraction of sp³-hybridized carbons (Fsp3) is 0.417. The van der Waals surface area contributed by atoms with Gasteiger partial charge in [-0.25, -0.2) is 4.79 Å². The van der Waals surface area contributed by atoms with E-state index in [0.29, 0.717) is 5.75 Å². The number of hydrogen-bond donors (Lipinski definition) is 0. The quantitative estimate of drug-likeness (QED) is 0.715. The van der Waals surface area contributed by atoms with Crippen LogP contribution in [0.1, 0.15) is 18.1 Å². The minimum absolute atomic E-state index is 0.367. The van der Waals surface area contributed by atoms with Gasteiger partial charge in [-0.3, -0.25) is 0 Å². The summed E-state index contributed by atoms with van der Waals surface area (Å²) in [4.78, 5) is 11.1. The zero-order chi connectivity index (χ0) is 11.4. The number of rotatable bonds is 3. The van der Waals surface area contributed by atoms with Gasteiger partial charge in [-0.15, -0.1) is 0 Å². The van der Waals surface area contributed by atoms with E-state index >= 15 is 0 Å². The van der Waals surface area contributed by atoms with E-state index in [-0.39, 0.29) is 5.97 Å². The Morgan fingerprint density at radius 3 is 2.47 bits per heavy atom. The molecule has 1 aromatic rings. The molecule has 0 bridgehead atoms. The Balaban J connectivity index is 2.73. The third-order valence-corrected chi connectivity index (χ3v) is 2.32. The molecule has 0 saturated heterocycles. The van der Waals surface area contributed by atoms with Crippen LogP contribution in [0.25, 0.3) is 0 Å². The Kier molecular flexibility index (Phi) is 3.72. The molecule has 0 fully saturated rings. The van der Waals surface area contributed by atoms with Crippen LogP contribution in [0.4, 0.5) is 0 Å². The van der Waals surface area contributed by atoms with Crippen molar-refractivity contribution in [2.75, 3.05) is 7.11 Å². The average Bonchev–Trinajstić information content (AvgIpc) is 2.22. The minimum atomic E-state index is -0.572. The maximum absolute atomic E-state index is 11.1. The van der Waals surface area contributed by atoms with Crippen molar-refractivity contribution in [2.24, 2.45) is 0 Å². The highest BCUT2D eigenvalue weighted by molar-refractivity contribution is 5.74. The highest BCUT2D eigenvalue weighted by Gasteiger charge is 2.14. The highest BCUT2D eigenvalue weighted by Crippen LogP contribution is 2.17. The third kappa shape index (κ3) is 2.98. The summed E-state index contributed by atoms with van der Waals surface area (Å²) in [7, 11) is 1.35. The molecule has 0 spiro atoms. The summed E-state index contributed by atoms with van der Waals surface area (Å²) in [6.07, 6.45) is -0.572. The second-order valence-electron chi connectivity index (χ2n) is 3.53. The number of esters is 1. The number of aryl methyl sites for hydroxylation is 2. The first-order valence-corrected chi connectivity index (χ1v) is 4.86. The molecule has 0 aliphatic rings. The van der Waals surface area contributed by atoms with Crippen molar-refractivity contribution in [3.63, 3.8) is 0 Å². The summed E-state index contributed by atoms with van der Waals surface area (Å²) in [5.41, 5.74) is 2.35. The second-order valence-corrected chi connectivity index (χ2v) is 3.53. The molecule has 3 heteroatoms. The van der Waals surface area contributed by atoms with Gasteiger partial charge in [0.2, 0.25) is 0 Å². The first-order valence-electron chi connectivity index (χ1n) is 4.86. The van der Waals surface area contributed by atoms with Crippen molar-refractivity contribution in [3.05, 3.63) is 29.3 Å². The fourth-order valence-electron chi connectivity index (χ4n) is 1.21. The zero-order valence-electron chi connectivity index (χ0n) is 9.53. The molecule has 0 heterocycles. The van der Waals surface area contributed by atoms with Gasteiger partial charge < -0.3 is 9.47 Å². The molecule has 82 valence electrons. The van der Waals surface area contributed by atoms with Gasteiger partial charge in [0.25, 0.3) is 0 Å². The SMILES string of the molecule is COC(=O)C(C)Oc1ccc(C)c(C)c1. The molecular formula is C12H16O3. The van der Waals surface area contributed by atoms with Crippen molar-refractivity contribution >= 4 is 5.97 Å². The van der Waals surface area contributed by atoms with E-state index in [4.69, 9.17) is 4.74 Å².